The second kappa shape index (κ2) is 15.8. The highest BCUT2D eigenvalue weighted by Gasteiger charge is 2.45. The van der Waals surface area contributed by atoms with Crippen molar-refractivity contribution >= 4 is 40.5 Å². The molecule has 1 aromatic carbocycles. The molecule has 2 amide bonds. The van der Waals surface area contributed by atoms with E-state index in [9.17, 15) is 14.7 Å². The lowest BCUT2D eigenvalue weighted by atomic mass is 9.88. The number of aryl methyl sites for hydroxylation is 1. The number of thiophene rings is 1. The van der Waals surface area contributed by atoms with Crippen molar-refractivity contribution in [3.8, 4) is 16.8 Å². The van der Waals surface area contributed by atoms with Gasteiger partial charge in [-0.1, -0.05) is 48.0 Å². The number of rotatable bonds is 7. The number of aliphatic hydroxyl groups excluding tert-OH is 1. The number of carbonyl (C=O) groups excluding carboxylic acids is 2. The van der Waals surface area contributed by atoms with Gasteiger partial charge in [-0.05, 0) is 99.8 Å². The molecule has 0 spiro atoms. The Hall–Kier alpha value is -4.97. The molecule has 12 nitrogen and oxygen atoms in total. The minimum absolute atomic E-state index is 0.0339. The van der Waals surface area contributed by atoms with Gasteiger partial charge >= 0.3 is 0 Å². The number of aliphatic imine (C=N–C) groups is 1. The number of aliphatic hydroxyl groups is 1. The molecule has 3 N–H and O–H groups in total. The number of likely N-dealkylation sites (tertiary alicyclic amines) is 2. The van der Waals surface area contributed by atoms with Gasteiger partial charge in [0.25, 0.3) is 5.91 Å². The number of carbonyl (C=O) groups is 2. The number of nitrogens with zero attached hydrogens (tertiary/aromatic N) is 7. The van der Waals surface area contributed by atoms with Crippen molar-refractivity contribution in [3.05, 3.63) is 116 Å². The molecule has 4 unspecified atom stereocenters. The Balaban J connectivity index is 0.799. The smallest absolute Gasteiger partial charge is 0.250 e. The number of nitrogens with one attached hydrogen (secondary N) is 2. The summed E-state index contributed by atoms with van der Waals surface area (Å²) < 4.78 is 2.10. The highest BCUT2D eigenvalue weighted by molar-refractivity contribution is 7.15. The van der Waals surface area contributed by atoms with E-state index in [2.05, 4.69) is 61.2 Å². The molecule has 4 aliphatic heterocycles. The molecule has 57 heavy (non-hydrogen) atoms. The van der Waals surface area contributed by atoms with Crippen LogP contribution in [0.25, 0.3) is 5.00 Å². The molecular weight excluding hydrogens is 758 g/mol. The minimum Gasteiger partial charge on any atom is -0.372 e. The Morgan fingerprint density at radius 2 is 1.88 bits per heavy atom. The van der Waals surface area contributed by atoms with Gasteiger partial charge in [0, 0.05) is 59.4 Å². The summed E-state index contributed by atoms with van der Waals surface area (Å²) >= 11 is 7.85. The third-order valence-electron chi connectivity index (χ3n) is 11.9. The summed E-state index contributed by atoms with van der Waals surface area (Å²) in [5.74, 6) is 8.72. The molecule has 9 rings (SSSR count). The molecule has 3 fully saturated rings. The van der Waals surface area contributed by atoms with Crippen LogP contribution >= 0.6 is 22.9 Å². The maximum atomic E-state index is 13.3. The zero-order valence-electron chi connectivity index (χ0n) is 31.9. The Morgan fingerprint density at radius 3 is 2.65 bits per heavy atom. The third-order valence-corrected chi connectivity index (χ3v) is 13.4. The SMILES string of the molecule is Cc1c(C#Cc2ccc(CN3CCC(CNC4C=CC=C5C(=O)N(C6CCC(=O)NC6O)CC54)CC3)cn2)sc2c1C(c1ccc(Cl)cc1)=NCc1nnc(C)n1-2. The van der Waals surface area contributed by atoms with Crippen LogP contribution < -0.4 is 10.6 Å². The van der Waals surface area contributed by atoms with Crippen LogP contribution in [0.5, 0.6) is 0 Å². The van der Waals surface area contributed by atoms with Crippen molar-refractivity contribution in [3.63, 3.8) is 0 Å². The molecule has 3 saturated heterocycles. The van der Waals surface area contributed by atoms with Crippen LogP contribution in [0.3, 0.4) is 0 Å². The molecule has 4 atom stereocenters. The molecule has 0 saturated carbocycles. The standard InChI is InChI=1S/C43H44ClN9O3S/c1-25-36(57-43-39(25)40(29-7-9-30(44)10-8-29)47-22-37-50-49-26(2)53(37)43)14-12-31-11-6-28(21-45-31)23-51-18-16-27(17-19-51)20-46-34-5-3-4-32-33(34)24-52(42(32)56)35-13-15-38(54)48-41(35)55/h3-11,21,27,33-35,41,46,55H,13,15-20,22-24H2,1-2H3,(H,48,54). The van der Waals surface area contributed by atoms with Gasteiger partial charge in [0.05, 0.1) is 16.6 Å². The van der Waals surface area contributed by atoms with Crippen molar-refractivity contribution in [2.75, 3.05) is 26.2 Å². The van der Waals surface area contributed by atoms with Crippen LogP contribution in [-0.4, -0.2) is 96.7 Å². The van der Waals surface area contributed by atoms with Crippen molar-refractivity contribution < 1.29 is 14.7 Å². The molecule has 7 heterocycles. The van der Waals surface area contributed by atoms with Crippen molar-refractivity contribution in [1.29, 1.82) is 0 Å². The van der Waals surface area contributed by atoms with Gasteiger partial charge in [-0.25, -0.2) is 4.98 Å². The molecule has 5 aliphatic rings. The lowest BCUT2D eigenvalue weighted by Crippen LogP contribution is -2.56. The number of aromatic nitrogens is 4. The number of hydrogen-bond acceptors (Lipinski definition) is 10. The predicted octanol–water partition coefficient (Wildman–Crippen LogP) is 4.47. The van der Waals surface area contributed by atoms with E-state index in [0.717, 1.165) is 94.2 Å². The fourth-order valence-electron chi connectivity index (χ4n) is 8.75. The van der Waals surface area contributed by atoms with E-state index < -0.39 is 12.3 Å². The molecule has 0 radical (unpaired) electrons. The molecule has 3 aromatic heterocycles. The van der Waals surface area contributed by atoms with Gasteiger partial charge < -0.3 is 20.6 Å². The molecular formula is C43H44ClN9O3S. The van der Waals surface area contributed by atoms with Gasteiger partial charge in [-0.3, -0.25) is 24.0 Å². The lowest BCUT2D eigenvalue weighted by Gasteiger charge is -2.35. The number of hydrogen-bond donors (Lipinski definition) is 3. The van der Waals surface area contributed by atoms with Gasteiger partial charge in [0.1, 0.15) is 29.3 Å². The minimum atomic E-state index is -1.03. The fourth-order valence-corrected chi connectivity index (χ4v) is 10.1. The molecule has 292 valence electrons. The van der Waals surface area contributed by atoms with Crippen LogP contribution in [0.1, 0.15) is 70.2 Å². The zero-order chi connectivity index (χ0) is 39.2. The molecule has 0 bridgehead atoms. The average molecular weight is 802 g/mol. The van der Waals surface area contributed by atoms with Crippen LogP contribution in [-0.2, 0) is 22.7 Å². The second-order valence-electron chi connectivity index (χ2n) is 15.6. The van der Waals surface area contributed by atoms with Gasteiger partial charge in [0.2, 0.25) is 5.91 Å². The number of amides is 2. The summed E-state index contributed by atoms with van der Waals surface area (Å²) in [5.41, 5.74) is 6.68. The number of halogens is 1. The monoisotopic (exact) mass is 801 g/mol. The summed E-state index contributed by atoms with van der Waals surface area (Å²) in [5, 5.41) is 27.3. The van der Waals surface area contributed by atoms with Crippen LogP contribution in [0.2, 0.25) is 5.02 Å². The molecule has 1 aliphatic carbocycles. The van der Waals surface area contributed by atoms with Gasteiger partial charge in [0.15, 0.2) is 5.82 Å². The largest absolute Gasteiger partial charge is 0.372 e. The Kier molecular flexibility index (Phi) is 10.4. The van der Waals surface area contributed by atoms with E-state index in [0.29, 0.717) is 36.9 Å². The van der Waals surface area contributed by atoms with Gasteiger partial charge in [-0.2, -0.15) is 0 Å². The first-order valence-corrected chi connectivity index (χ1v) is 20.8. The second-order valence-corrected chi connectivity index (χ2v) is 17.0. The quantitative estimate of drug-likeness (QED) is 0.233. The van der Waals surface area contributed by atoms with Crippen molar-refractivity contribution in [2.24, 2.45) is 16.8 Å². The Bertz CT molecular complexity index is 2360. The maximum Gasteiger partial charge on any atom is 0.250 e. The first-order chi connectivity index (χ1) is 27.7. The first-order valence-electron chi connectivity index (χ1n) is 19.6. The Labute approximate surface area is 340 Å². The van der Waals surface area contributed by atoms with Crippen LogP contribution in [0.4, 0.5) is 0 Å². The number of piperidine rings is 2. The summed E-state index contributed by atoms with van der Waals surface area (Å²) in [6.07, 6.45) is 9.93. The summed E-state index contributed by atoms with van der Waals surface area (Å²) in [7, 11) is 0. The Morgan fingerprint density at radius 1 is 1.05 bits per heavy atom. The predicted molar refractivity (Wildman–Crippen MR) is 219 cm³/mol. The topological polar surface area (TPSA) is 141 Å². The maximum absolute atomic E-state index is 13.3. The van der Waals surface area contributed by atoms with Crippen molar-refractivity contribution in [1.82, 2.24) is 40.2 Å². The van der Waals surface area contributed by atoms with E-state index in [-0.39, 0.29) is 23.8 Å². The van der Waals surface area contributed by atoms with Crippen LogP contribution in [0.15, 0.2) is 71.4 Å². The van der Waals surface area contributed by atoms with E-state index in [4.69, 9.17) is 21.6 Å². The zero-order valence-corrected chi connectivity index (χ0v) is 33.5. The normalized spacial score (nSPS) is 23.5. The highest BCUT2D eigenvalue weighted by atomic mass is 35.5. The average Bonchev–Trinajstić information content (AvgIpc) is 3.82. The summed E-state index contributed by atoms with van der Waals surface area (Å²) in [6.45, 7) is 8.80. The van der Waals surface area contributed by atoms with Crippen LogP contribution in [0, 0.1) is 37.5 Å². The summed E-state index contributed by atoms with van der Waals surface area (Å²) in [4.78, 5) is 40.0. The van der Waals surface area contributed by atoms with E-state index in [1.165, 1.54) is 5.56 Å². The van der Waals surface area contributed by atoms with E-state index in [1.54, 1.807) is 16.2 Å². The number of fused-ring (bicyclic) bond motifs is 4. The number of allylic oxidation sites excluding steroid dienone is 2. The van der Waals surface area contributed by atoms with E-state index >= 15 is 0 Å². The summed E-state index contributed by atoms with van der Waals surface area (Å²) in [6, 6.07) is 11.6. The highest BCUT2D eigenvalue weighted by Crippen LogP contribution is 2.37. The van der Waals surface area contributed by atoms with E-state index in [1.807, 2.05) is 55.6 Å². The number of benzene rings is 1. The molecule has 14 heteroatoms. The first kappa shape index (κ1) is 37.6. The fraction of sp³-hybridized carbons (Fsp3) is 0.395. The molecule has 4 aromatic rings. The number of pyridine rings is 1. The van der Waals surface area contributed by atoms with Crippen molar-refractivity contribution in [2.45, 2.75) is 70.9 Å². The lowest BCUT2D eigenvalue weighted by molar-refractivity contribution is -0.138. The third kappa shape index (κ3) is 7.48. The van der Waals surface area contributed by atoms with Gasteiger partial charge in [-0.15, -0.1) is 21.5 Å².